The zero-order chi connectivity index (χ0) is 13.2. The van der Waals surface area contributed by atoms with Gasteiger partial charge in [0.05, 0.1) is 12.7 Å². The molecule has 0 aliphatic heterocycles. The van der Waals surface area contributed by atoms with Gasteiger partial charge in [-0.3, -0.25) is 4.79 Å². The lowest BCUT2D eigenvalue weighted by molar-refractivity contribution is 0.0354. The molecule has 0 heterocycles. The lowest BCUT2D eigenvalue weighted by Crippen LogP contribution is -2.42. The van der Waals surface area contributed by atoms with Gasteiger partial charge in [0.1, 0.15) is 5.75 Å². The molecule has 18 heavy (non-hydrogen) atoms. The Morgan fingerprint density at radius 1 is 1.44 bits per heavy atom. The predicted octanol–water partition coefficient (Wildman–Crippen LogP) is 1.59. The molecule has 0 radical (unpaired) electrons. The normalized spacial score (nSPS) is 17.9. The van der Waals surface area contributed by atoms with Crippen LogP contribution in [0.25, 0.3) is 0 Å². The maximum atomic E-state index is 11.9. The quantitative estimate of drug-likeness (QED) is 0.833. The van der Waals surface area contributed by atoms with Crippen LogP contribution in [0.15, 0.2) is 24.3 Å². The van der Waals surface area contributed by atoms with E-state index >= 15 is 0 Å². The van der Waals surface area contributed by atoms with Gasteiger partial charge in [0.25, 0.3) is 5.91 Å². The van der Waals surface area contributed by atoms with E-state index < -0.39 is 5.60 Å². The molecule has 1 saturated carbocycles. The molecule has 1 aliphatic carbocycles. The van der Waals surface area contributed by atoms with Crippen molar-refractivity contribution in [3.05, 3.63) is 29.8 Å². The standard InChI is InChI=1S/C14H19NO3/c1-14(17,11-5-6-11)9-15-13(16)10-3-7-12(18-2)8-4-10/h3-4,7-8,11,17H,5-6,9H2,1-2H3,(H,15,16). The third kappa shape index (κ3) is 3.01. The van der Waals surface area contributed by atoms with Crippen LogP contribution in [-0.4, -0.2) is 30.3 Å². The summed E-state index contributed by atoms with van der Waals surface area (Å²) in [6.07, 6.45) is 2.09. The average molecular weight is 249 g/mol. The molecule has 0 aromatic heterocycles. The van der Waals surface area contributed by atoms with Crippen molar-refractivity contribution < 1.29 is 14.6 Å². The molecule has 1 atom stereocenters. The smallest absolute Gasteiger partial charge is 0.251 e. The molecule has 1 fully saturated rings. The summed E-state index contributed by atoms with van der Waals surface area (Å²) in [6.45, 7) is 2.07. The van der Waals surface area contributed by atoms with Crippen molar-refractivity contribution in [1.29, 1.82) is 0 Å². The number of amides is 1. The van der Waals surface area contributed by atoms with Crippen molar-refractivity contribution in [3.8, 4) is 5.75 Å². The largest absolute Gasteiger partial charge is 0.497 e. The Bertz CT molecular complexity index is 421. The number of benzene rings is 1. The lowest BCUT2D eigenvalue weighted by Gasteiger charge is -2.23. The van der Waals surface area contributed by atoms with Crippen molar-refractivity contribution in [2.45, 2.75) is 25.4 Å². The first-order chi connectivity index (χ1) is 8.53. The number of nitrogens with one attached hydrogen (secondary N) is 1. The van der Waals surface area contributed by atoms with Crippen LogP contribution in [0, 0.1) is 5.92 Å². The van der Waals surface area contributed by atoms with Crippen LogP contribution in [0.5, 0.6) is 5.75 Å². The summed E-state index contributed by atoms with van der Waals surface area (Å²) in [4.78, 5) is 11.9. The number of carbonyl (C=O) groups excluding carboxylic acids is 1. The molecule has 4 heteroatoms. The van der Waals surface area contributed by atoms with Crippen molar-refractivity contribution in [2.75, 3.05) is 13.7 Å². The second kappa shape index (κ2) is 4.98. The molecule has 2 rings (SSSR count). The lowest BCUT2D eigenvalue weighted by atomic mass is 10.0. The minimum absolute atomic E-state index is 0.168. The highest BCUT2D eigenvalue weighted by atomic mass is 16.5. The summed E-state index contributed by atoms with van der Waals surface area (Å²) in [5, 5.41) is 12.9. The van der Waals surface area contributed by atoms with E-state index in [1.54, 1.807) is 38.3 Å². The van der Waals surface area contributed by atoms with E-state index in [-0.39, 0.29) is 5.91 Å². The Kier molecular flexibility index (Phi) is 3.57. The first kappa shape index (κ1) is 12.9. The Morgan fingerprint density at radius 2 is 2.06 bits per heavy atom. The highest BCUT2D eigenvalue weighted by molar-refractivity contribution is 5.94. The minimum atomic E-state index is -0.790. The fourth-order valence-corrected chi connectivity index (χ4v) is 1.95. The molecule has 2 N–H and O–H groups in total. The van der Waals surface area contributed by atoms with E-state index in [1.165, 1.54) is 0 Å². The highest BCUT2D eigenvalue weighted by Gasteiger charge is 2.39. The molecular formula is C14H19NO3. The van der Waals surface area contributed by atoms with Crippen LogP contribution in [0.3, 0.4) is 0 Å². The van der Waals surface area contributed by atoms with Crippen molar-refractivity contribution in [3.63, 3.8) is 0 Å². The summed E-state index contributed by atoms with van der Waals surface area (Å²) >= 11 is 0. The Balaban J connectivity index is 1.90. The van der Waals surface area contributed by atoms with Gasteiger partial charge in [-0.05, 0) is 49.9 Å². The molecule has 1 aromatic rings. The molecule has 98 valence electrons. The summed E-state index contributed by atoms with van der Waals surface area (Å²) < 4.78 is 5.03. The van der Waals surface area contributed by atoms with Crippen LogP contribution < -0.4 is 10.1 Å². The maximum absolute atomic E-state index is 11.9. The topological polar surface area (TPSA) is 58.6 Å². The molecule has 0 spiro atoms. The molecule has 1 aliphatic rings. The van der Waals surface area contributed by atoms with Gasteiger partial charge in [-0.2, -0.15) is 0 Å². The van der Waals surface area contributed by atoms with Crippen molar-refractivity contribution >= 4 is 5.91 Å². The van der Waals surface area contributed by atoms with Gasteiger partial charge >= 0.3 is 0 Å². The molecule has 4 nitrogen and oxygen atoms in total. The van der Waals surface area contributed by atoms with E-state index in [9.17, 15) is 9.90 Å². The Morgan fingerprint density at radius 3 is 2.56 bits per heavy atom. The van der Waals surface area contributed by atoms with Gasteiger partial charge in [0, 0.05) is 12.1 Å². The van der Waals surface area contributed by atoms with Crippen LogP contribution in [0.1, 0.15) is 30.1 Å². The zero-order valence-electron chi connectivity index (χ0n) is 10.8. The Labute approximate surface area is 107 Å². The second-order valence-corrected chi connectivity index (χ2v) is 5.04. The summed E-state index contributed by atoms with van der Waals surface area (Å²) in [6, 6.07) is 6.90. The fourth-order valence-electron chi connectivity index (χ4n) is 1.95. The molecule has 1 amide bonds. The summed E-state index contributed by atoms with van der Waals surface area (Å²) in [7, 11) is 1.59. The monoisotopic (exact) mass is 249 g/mol. The summed E-state index contributed by atoms with van der Waals surface area (Å²) in [5.74, 6) is 0.878. The van der Waals surface area contributed by atoms with Crippen molar-refractivity contribution in [1.82, 2.24) is 5.32 Å². The maximum Gasteiger partial charge on any atom is 0.251 e. The van der Waals surface area contributed by atoms with Crippen LogP contribution in [0.2, 0.25) is 0 Å². The number of rotatable bonds is 5. The first-order valence-electron chi connectivity index (χ1n) is 6.17. The van der Waals surface area contributed by atoms with Gasteiger partial charge < -0.3 is 15.2 Å². The molecule has 1 aromatic carbocycles. The van der Waals surface area contributed by atoms with E-state index in [1.807, 2.05) is 0 Å². The van der Waals surface area contributed by atoms with Crippen molar-refractivity contribution in [2.24, 2.45) is 5.92 Å². The number of hydrogen-bond donors (Lipinski definition) is 2. The van der Waals surface area contributed by atoms with Gasteiger partial charge in [0.2, 0.25) is 0 Å². The van der Waals surface area contributed by atoms with E-state index in [0.717, 1.165) is 18.6 Å². The number of carbonyl (C=O) groups is 1. The van der Waals surface area contributed by atoms with Crippen LogP contribution in [0.4, 0.5) is 0 Å². The summed E-state index contributed by atoms with van der Waals surface area (Å²) in [5.41, 5.74) is -0.218. The van der Waals surface area contributed by atoms with Gasteiger partial charge in [-0.25, -0.2) is 0 Å². The number of aliphatic hydroxyl groups is 1. The predicted molar refractivity (Wildman–Crippen MR) is 68.7 cm³/mol. The number of methoxy groups -OCH3 is 1. The van der Waals surface area contributed by atoms with Gasteiger partial charge in [-0.1, -0.05) is 0 Å². The first-order valence-corrected chi connectivity index (χ1v) is 6.17. The van der Waals surface area contributed by atoms with Crippen LogP contribution >= 0.6 is 0 Å². The van der Waals surface area contributed by atoms with Gasteiger partial charge in [0.15, 0.2) is 0 Å². The molecule has 0 saturated heterocycles. The highest BCUT2D eigenvalue weighted by Crippen LogP contribution is 2.39. The van der Waals surface area contributed by atoms with E-state index in [0.29, 0.717) is 18.0 Å². The van der Waals surface area contributed by atoms with Crippen LogP contribution in [-0.2, 0) is 0 Å². The number of hydrogen-bond acceptors (Lipinski definition) is 3. The van der Waals surface area contributed by atoms with E-state index in [2.05, 4.69) is 5.32 Å². The molecule has 0 bridgehead atoms. The second-order valence-electron chi connectivity index (χ2n) is 5.04. The minimum Gasteiger partial charge on any atom is -0.497 e. The number of ether oxygens (including phenoxy) is 1. The molecule has 1 unspecified atom stereocenters. The Hall–Kier alpha value is -1.55. The van der Waals surface area contributed by atoms with E-state index in [4.69, 9.17) is 4.74 Å². The zero-order valence-corrected chi connectivity index (χ0v) is 10.8. The van der Waals surface area contributed by atoms with Gasteiger partial charge in [-0.15, -0.1) is 0 Å². The molecular weight excluding hydrogens is 230 g/mol. The average Bonchev–Trinajstić information content (AvgIpc) is 3.21. The third-order valence-corrected chi connectivity index (χ3v) is 3.42. The fraction of sp³-hybridized carbons (Fsp3) is 0.500. The SMILES string of the molecule is COc1ccc(C(=O)NCC(C)(O)C2CC2)cc1. The third-order valence-electron chi connectivity index (χ3n) is 3.42.